The molecule has 1 atom stereocenters. The Kier molecular flexibility index (Phi) is 7.25. The monoisotopic (exact) mass is 563 g/mol. The maximum atomic E-state index is 10.0. The van der Waals surface area contributed by atoms with E-state index >= 15 is 0 Å². The van der Waals surface area contributed by atoms with Crippen LogP contribution in [0.2, 0.25) is 23.3 Å². The average molecular weight is 564 g/mol. The van der Waals surface area contributed by atoms with Crippen LogP contribution in [0.3, 0.4) is 0 Å². The summed E-state index contributed by atoms with van der Waals surface area (Å²) < 4.78 is 8.54. The predicted octanol–water partition coefficient (Wildman–Crippen LogP) is 7.11. The molecular weight excluding hydrogens is 526 g/mol. The molecule has 3 heterocycles. The summed E-state index contributed by atoms with van der Waals surface area (Å²) >= 11 is 6.23. The van der Waals surface area contributed by atoms with Crippen molar-refractivity contribution in [3.05, 3.63) is 46.7 Å². The van der Waals surface area contributed by atoms with Gasteiger partial charge in [0.2, 0.25) is 5.95 Å². The lowest BCUT2D eigenvalue weighted by atomic mass is 9.83. The number of halogens is 1. The van der Waals surface area contributed by atoms with Crippen LogP contribution in [0.25, 0.3) is 11.3 Å². The van der Waals surface area contributed by atoms with Gasteiger partial charge in [-0.15, -0.1) is 0 Å². The Labute approximate surface area is 237 Å². The second kappa shape index (κ2) is 10.2. The van der Waals surface area contributed by atoms with E-state index in [1.54, 1.807) is 12.3 Å². The molecule has 2 aromatic heterocycles. The number of nitrogens with one attached hydrogen (secondary N) is 2. The number of nitriles is 1. The second-order valence-corrected chi connectivity index (χ2v) is 17.9. The molecular formula is C29H38ClN7OSi. The number of rotatable bonds is 9. The number of nitrogens with zero attached hydrogens (tertiary/aromatic N) is 5. The molecule has 10 heteroatoms. The first-order valence-corrected chi connectivity index (χ1v) is 17.0. The lowest BCUT2D eigenvalue weighted by Crippen LogP contribution is -2.45. The SMILES string of the molecule is CC(C)(C)[Si](C)(C)OC[C@@]1(C)CNc2c(C#N)cc(-c3ccnc(Nc4cc(Cl)nn4CCC4CC4)n3)cc21. The van der Waals surface area contributed by atoms with E-state index in [-0.39, 0.29) is 10.5 Å². The third-order valence-corrected chi connectivity index (χ3v) is 13.2. The standard InChI is InChI=1S/C29H38ClN7OSi/c1-28(2,3)39(5,6)38-18-29(4)17-33-26-21(16-31)13-20(14-22(26)29)23-9-11-32-27(34-23)35-25-15-24(30)36-37(25)12-10-19-7-8-19/h9,11,13-15,19,33H,7-8,10,12,17-18H2,1-6H3,(H,32,34,35)/t29-/m1/s1. The molecule has 1 saturated carbocycles. The van der Waals surface area contributed by atoms with Crippen molar-refractivity contribution < 1.29 is 4.43 Å². The van der Waals surface area contributed by atoms with Crippen molar-refractivity contribution in [1.82, 2.24) is 19.7 Å². The van der Waals surface area contributed by atoms with Crippen molar-refractivity contribution in [2.75, 3.05) is 23.8 Å². The van der Waals surface area contributed by atoms with Gasteiger partial charge in [-0.3, -0.25) is 0 Å². The number of aromatic nitrogens is 4. The normalized spacial score (nSPS) is 18.9. The van der Waals surface area contributed by atoms with E-state index in [0.717, 1.165) is 53.8 Å². The quantitative estimate of drug-likeness (QED) is 0.267. The smallest absolute Gasteiger partial charge is 0.228 e. The largest absolute Gasteiger partial charge is 0.416 e. The molecule has 1 aromatic carbocycles. The van der Waals surface area contributed by atoms with Gasteiger partial charge in [0, 0.05) is 42.9 Å². The minimum Gasteiger partial charge on any atom is -0.416 e. The number of aryl methyl sites for hydroxylation is 1. The summed E-state index contributed by atoms with van der Waals surface area (Å²) in [5.41, 5.74) is 3.94. The molecule has 0 amide bonds. The molecule has 1 aliphatic heterocycles. The molecule has 2 aliphatic rings. The van der Waals surface area contributed by atoms with E-state index in [1.165, 1.54) is 12.8 Å². The number of benzene rings is 1. The van der Waals surface area contributed by atoms with Crippen molar-refractivity contribution >= 4 is 37.4 Å². The van der Waals surface area contributed by atoms with Crippen LogP contribution < -0.4 is 10.6 Å². The summed E-state index contributed by atoms with van der Waals surface area (Å²) in [6.07, 6.45) is 5.41. The number of anilines is 3. The summed E-state index contributed by atoms with van der Waals surface area (Å²) in [5.74, 6) is 2.02. The van der Waals surface area contributed by atoms with Gasteiger partial charge in [-0.2, -0.15) is 10.4 Å². The highest BCUT2D eigenvalue weighted by Crippen LogP contribution is 2.44. The first-order chi connectivity index (χ1) is 18.4. The number of fused-ring (bicyclic) bond motifs is 1. The van der Waals surface area contributed by atoms with Gasteiger partial charge in [-0.05, 0) is 54.2 Å². The number of hydrogen-bond acceptors (Lipinski definition) is 7. The maximum Gasteiger partial charge on any atom is 0.228 e. The summed E-state index contributed by atoms with van der Waals surface area (Å²) in [6, 6.07) is 10.1. The third kappa shape index (κ3) is 5.83. The molecule has 0 unspecified atom stereocenters. The Hall–Kier alpha value is -2.93. The second-order valence-electron chi connectivity index (χ2n) is 12.7. The Morgan fingerprint density at radius 1 is 1.28 bits per heavy atom. The molecule has 3 aromatic rings. The zero-order valence-electron chi connectivity index (χ0n) is 23.7. The highest BCUT2D eigenvalue weighted by Gasteiger charge is 2.42. The molecule has 206 valence electrons. The van der Waals surface area contributed by atoms with Crippen LogP contribution in [0, 0.1) is 17.2 Å². The molecule has 2 N–H and O–H groups in total. The zero-order chi connectivity index (χ0) is 28.0. The molecule has 8 nitrogen and oxygen atoms in total. The molecule has 0 bridgehead atoms. The van der Waals surface area contributed by atoms with Crippen LogP contribution in [-0.4, -0.2) is 41.2 Å². The van der Waals surface area contributed by atoms with Gasteiger partial charge >= 0.3 is 0 Å². The zero-order valence-corrected chi connectivity index (χ0v) is 25.5. The topological polar surface area (TPSA) is 101 Å². The van der Waals surface area contributed by atoms with Crippen molar-refractivity contribution in [1.29, 1.82) is 5.26 Å². The predicted molar refractivity (Wildman–Crippen MR) is 159 cm³/mol. The van der Waals surface area contributed by atoms with Crippen molar-refractivity contribution in [3.8, 4) is 17.3 Å². The lowest BCUT2D eigenvalue weighted by molar-refractivity contribution is 0.220. The van der Waals surface area contributed by atoms with Gasteiger partial charge in [-0.1, -0.05) is 52.1 Å². The fourth-order valence-electron chi connectivity index (χ4n) is 4.67. The molecule has 0 spiro atoms. The fourth-order valence-corrected chi connectivity index (χ4v) is 5.98. The van der Waals surface area contributed by atoms with Gasteiger partial charge in [0.05, 0.1) is 16.9 Å². The van der Waals surface area contributed by atoms with Gasteiger partial charge < -0.3 is 15.1 Å². The van der Waals surface area contributed by atoms with Gasteiger partial charge in [0.1, 0.15) is 11.9 Å². The molecule has 0 saturated heterocycles. The highest BCUT2D eigenvalue weighted by atomic mass is 35.5. The van der Waals surface area contributed by atoms with E-state index in [4.69, 9.17) is 21.0 Å². The third-order valence-electron chi connectivity index (χ3n) is 8.51. The Bertz CT molecular complexity index is 1420. The van der Waals surface area contributed by atoms with E-state index in [1.807, 2.05) is 16.8 Å². The molecule has 5 rings (SSSR count). The molecule has 1 fully saturated rings. The maximum absolute atomic E-state index is 10.0. The summed E-state index contributed by atoms with van der Waals surface area (Å²) in [7, 11) is -1.93. The molecule has 1 aliphatic carbocycles. The first-order valence-electron chi connectivity index (χ1n) is 13.7. The van der Waals surface area contributed by atoms with Crippen molar-refractivity contribution in [2.24, 2.45) is 5.92 Å². The minimum atomic E-state index is -1.93. The van der Waals surface area contributed by atoms with Crippen LogP contribution in [0.1, 0.15) is 58.1 Å². The van der Waals surface area contributed by atoms with Crippen molar-refractivity contribution in [3.63, 3.8) is 0 Å². The van der Waals surface area contributed by atoms with Crippen LogP contribution in [0.15, 0.2) is 30.5 Å². The molecule has 0 radical (unpaired) electrons. The fraction of sp³-hybridized carbons (Fsp3) is 0.517. The van der Waals surface area contributed by atoms with Crippen LogP contribution in [-0.2, 0) is 16.4 Å². The first kappa shape index (κ1) is 27.6. The van der Waals surface area contributed by atoms with E-state index in [9.17, 15) is 5.26 Å². The van der Waals surface area contributed by atoms with Gasteiger partial charge in [-0.25, -0.2) is 14.6 Å². The van der Waals surface area contributed by atoms with Crippen LogP contribution in [0.5, 0.6) is 0 Å². The van der Waals surface area contributed by atoms with Crippen LogP contribution >= 0.6 is 11.6 Å². The Morgan fingerprint density at radius 3 is 2.74 bits per heavy atom. The van der Waals surface area contributed by atoms with E-state index in [0.29, 0.717) is 23.3 Å². The minimum absolute atomic E-state index is 0.125. The number of hydrogen-bond donors (Lipinski definition) is 2. The molecule has 39 heavy (non-hydrogen) atoms. The Balaban J connectivity index is 1.42. The van der Waals surface area contributed by atoms with E-state index < -0.39 is 8.32 Å². The Morgan fingerprint density at radius 2 is 2.05 bits per heavy atom. The van der Waals surface area contributed by atoms with Crippen LogP contribution in [0.4, 0.5) is 17.5 Å². The summed E-state index contributed by atoms with van der Waals surface area (Å²) in [4.78, 5) is 9.24. The lowest BCUT2D eigenvalue weighted by Gasteiger charge is -2.39. The van der Waals surface area contributed by atoms with Gasteiger partial charge in [0.25, 0.3) is 0 Å². The highest BCUT2D eigenvalue weighted by molar-refractivity contribution is 6.74. The van der Waals surface area contributed by atoms with Crippen molar-refractivity contribution in [2.45, 2.75) is 77.0 Å². The average Bonchev–Trinajstić information content (AvgIpc) is 3.57. The summed E-state index contributed by atoms with van der Waals surface area (Å²) in [5, 5.41) is 21.8. The van der Waals surface area contributed by atoms with E-state index in [2.05, 4.69) is 73.6 Å². The summed E-state index contributed by atoms with van der Waals surface area (Å²) in [6.45, 7) is 15.6. The van der Waals surface area contributed by atoms with Gasteiger partial charge in [0.15, 0.2) is 13.5 Å².